The van der Waals surface area contributed by atoms with E-state index in [4.69, 9.17) is 4.74 Å². The van der Waals surface area contributed by atoms with Crippen molar-refractivity contribution in [1.29, 1.82) is 0 Å². The van der Waals surface area contributed by atoms with Crippen molar-refractivity contribution in [3.63, 3.8) is 0 Å². The van der Waals surface area contributed by atoms with Crippen molar-refractivity contribution in [1.82, 2.24) is 5.32 Å². The van der Waals surface area contributed by atoms with Crippen LogP contribution in [0.2, 0.25) is 0 Å². The largest absolute Gasteiger partial charge is 0.380 e. The Morgan fingerprint density at radius 2 is 2.00 bits per heavy atom. The minimum Gasteiger partial charge on any atom is -0.380 e. The molecule has 1 N–H and O–H groups in total. The third-order valence-electron chi connectivity index (χ3n) is 2.45. The zero-order valence-corrected chi connectivity index (χ0v) is 10.6. The molecule has 2 nitrogen and oxygen atoms in total. The summed E-state index contributed by atoms with van der Waals surface area (Å²) in [7, 11) is 0. The smallest absolute Gasteiger partial charge is 0.0591 e. The molecule has 1 aromatic rings. The van der Waals surface area contributed by atoms with E-state index in [0.29, 0.717) is 5.92 Å². The van der Waals surface area contributed by atoms with Crippen LogP contribution < -0.4 is 5.32 Å². The molecule has 16 heavy (non-hydrogen) atoms. The summed E-state index contributed by atoms with van der Waals surface area (Å²) < 4.78 is 5.50. The van der Waals surface area contributed by atoms with Crippen molar-refractivity contribution in [2.75, 3.05) is 19.8 Å². The van der Waals surface area contributed by atoms with E-state index in [1.165, 1.54) is 11.1 Å². The van der Waals surface area contributed by atoms with E-state index in [1.807, 2.05) is 0 Å². The van der Waals surface area contributed by atoms with Crippen LogP contribution in [0.4, 0.5) is 0 Å². The van der Waals surface area contributed by atoms with Crippen LogP contribution in [0.25, 0.3) is 0 Å². The number of rotatable bonds is 7. The third-order valence-corrected chi connectivity index (χ3v) is 2.45. The molecule has 0 heterocycles. The van der Waals surface area contributed by atoms with Gasteiger partial charge in [0.25, 0.3) is 0 Å². The van der Waals surface area contributed by atoms with Gasteiger partial charge in [0.05, 0.1) is 6.61 Å². The molecule has 1 aromatic carbocycles. The first-order chi connectivity index (χ1) is 7.70. The summed E-state index contributed by atoms with van der Waals surface area (Å²) >= 11 is 0. The van der Waals surface area contributed by atoms with Crippen molar-refractivity contribution in [3.05, 3.63) is 35.4 Å². The van der Waals surface area contributed by atoms with Gasteiger partial charge in [0.1, 0.15) is 0 Å². The summed E-state index contributed by atoms with van der Waals surface area (Å²) in [6.45, 7) is 9.97. The second-order valence-electron chi connectivity index (χ2n) is 4.57. The molecular formula is C14H23NO. The average Bonchev–Trinajstić information content (AvgIpc) is 2.25. The van der Waals surface area contributed by atoms with Crippen LogP contribution in [0, 0.1) is 12.8 Å². The van der Waals surface area contributed by atoms with Gasteiger partial charge in [-0.3, -0.25) is 0 Å². The molecule has 2 heteroatoms. The molecule has 90 valence electrons. The lowest BCUT2D eigenvalue weighted by molar-refractivity contribution is 0.111. The molecule has 0 spiro atoms. The lowest BCUT2D eigenvalue weighted by atomic mass is 10.1. The Hall–Kier alpha value is -0.860. The van der Waals surface area contributed by atoms with Crippen LogP contribution in [-0.4, -0.2) is 19.8 Å². The molecular weight excluding hydrogens is 198 g/mol. The number of aryl methyl sites for hydroxylation is 1. The molecule has 0 saturated heterocycles. The van der Waals surface area contributed by atoms with Crippen LogP contribution in [0.3, 0.4) is 0 Å². The molecule has 0 atom stereocenters. The second kappa shape index (κ2) is 7.42. The van der Waals surface area contributed by atoms with Gasteiger partial charge in [-0.05, 0) is 24.0 Å². The molecule has 0 aromatic heterocycles. The van der Waals surface area contributed by atoms with Gasteiger partial charge in [0.2, 0.25) is 0 Å². The maximum Gasteiger partial charge on any atom is 0.0591 e. The molecule has 0 amide bonds. The van der Waals surface area contributed by atoms with Crippen LogP contribution >= 0.6 is 0 Å². The lowest BCUT2D eigenvalue weighted by Crippen LogP contribution is -2.20. The van der Waals surface area contributed by atoms with Crippen molar-refractivity contribution >= 4 is 0 Å². The monoisotopic (exact) mass is 221 g/mol. The van der Waals surface area contributed by atoms with Gasteiger partial charge in [-0.25, -0.2) is 0 Å². The first kappa shape index (κ1) is 13.2. The van der Waals surface area contributed by atoms with Crippen molar-refractivity contribution in [2.45, 2.75) is 27.3 Å². The van der Waals surface area contributed by atoms with Crippen molar-refractivity contribution in [3.8, 4) is 0 Å². The van der Waals surface area contributed by atoms with E-state index in [0.717, 1.165) is 26.3 Å². The van der Waals surface area contributed by atoms with E-state index in [9.17, 15) is 0 Å². The fraction of sp³-hybridized carbons (Fsp3) is 0.571. The second-order valence-corrected chi connectivity index (χ2v) is 4.57. The predicted octanol–water partition coefficient (Wildman–Crippen LogP) is 2.76. The first-order valence-electron chi connectivity index (χ1n) is 6.03. The van der Waals surface area contributed by atoms with Gasteiger partial charge in [-0.15, -0.1) is 0 Å². The summed E-state index contributed by atoms with van der Waals surface area (Å²) in [4.78, 5) is 0. The molecule has 0 aliphatic carbocycles. The van der Waals surface area contributed by atoms with Gasteiger partial charge < -0.3 is 10.1 Å². The highest BCUT2D eigenvalue weighted by Gasteiger charge is 1.96. The minimum absolute atomic E-state index is 0.622. The molecule has 0 aliphatic rings. The minimum atomic E-state index is 0.622. The summed E-state index contributed by atoms with van der Waals surface area (Å²) in [6, 6.07) is 8.47. The van der Waals surface area contributed by atoms with E-state index in [-0.39, 0.29) is 0 Å². The Kier molecular flexibility index (Phi) is 6.12. The van der Waals surface area contributed by atoms with Crippen molar-refractivity contribution in [2.24, 2.45) is 5.92 Å². The third kappa shape index (κ3) is 5.29. The van der Waals surface area contributed by atoms with Gasteiger partial charge in [-0.2, -0.15) is 0 Å². The van der Waals surface area contributed by atoms with E-state index in [2.05, 4.69) is 50.4 Å². The van der Waals surface area contributed by atoms with Crippen LogP contribution in [0.5, 0.6) is 0 Å². The van der Waals surface area contributed by atoms with E-state index < -0.39 is 0 Å². The average molecular weight is 221 g/mol. The van der Waals surface area contributed by atoms with Crippen LogP contribution in [0.1, 0.15) is 25.0 Å². The predicted molar refractivity (Wildman–Crippen MR) is 68.5 cm³/mol. The number of benzene rings is 1. The zero-order valence-electron chi connectivity index (χ0n) is 10.6. The van der Waals surface area contributed by atoms with Gasteiger partial charge >= 0.3 is 0 Å². The Bertz CT molecular complexity index is 297. The fourth-order valence-electron chi connectivity index (χ4n) is 1.49. The maximum atomic E-state index is 5.50. The van der Waals surface area contributed by atoms with Gasteiger partial charge in [0, 0.05) is 19.7 Å². The van der Waals surface area contributed by atoms with Crippen LogP contribution in [0.15, 0.2) is 24.3 Å². The Morgan fingerprint density at radius 3 is 2.69 bits per heavy atom. The molecule has 1 rings (SSSR count). The molecule has 0 unspecified atom stereocenters. The Morgan fingerprint density at radius 1 is 1.25 bits per heavy atom. The number of hydrogen-bond acceptors (Lipinski definition) is 2. The lowest BCUT2D eigenvalue weighted by Gasteiger charge is -2.09. The van der Waals surface area contributed by atoms with Crippen molar-refractivity contribution < 1.29 is 4.74 Å². The molecule has 0 saturated carbocycles. The van der Waals surface area contributed by atoms with E-state index >= 15 is 0 Å². The summed E-state index contributed by atoms with van der Waals surface area (Å²) in [5.41, 5.74) is 2.71. The maximum absolute atomic E-state index is 5.50. The first-order valence-corrected chi connectivity index (χ1v) is 6.03. The topological polar surface area (TPSA) is 21.3 Å². The molecule has 0 fully saturated rings. The Labute approximate surface area is 99.0 Å². The number of nitrogens with one attached hydrogen (secondary N) is 1. The van der Waals surface area contributed by atoms with Gasteiger partial charge in [-0.1, -0.05) is 38.1 Å². The van der Waals surface area contributed by atoms with Gasteiger partial charge in [0.15, 0.2) is 0 Å². The van der Waals surface area contributed by atoms with Crippen LogP contribution in [-0.2, 0) is 11.3 Å². The molecule has 0 radical (unpaired) electrons. The summed E-state index contributed by atoms with van der Waals surface area (Å²) in [5.74, 6) is 0.622. The highest BCUT2D eigenvalue weighted by Crippen LogP contribution is 2.05. The Balaban J connectivity index is 2.10. The SMILES string of the molecule is Cc1ccccc1CNCCOCC(C)C. The highest BCUT2D eigenvalue weighted by atomic mass is 16.5. The number of ether oxygens (including phenoxy) is 1. The normalized spacial score (nSPS) is 11.0. The standard InChI is InChI=1S/C14H23NO/c1-12(2)11-16-9-8-15-10-14-7-5-4-6-13(14)3/h4-7,12,15H,8-11H2,1-3H3. The van der Waals surface area contributed by atoms with E-state index in [1.54, 1.807) is 0 Å². The molecule has 0 bridgehead atoms. The number of hydrogen-bond donors (Lipinski definition) is 1. The summed E-state index contributed by atoms with van der Waals surface area (Å²) in [5, 5.41) is 3.39. The fourth-order valence-corrected chi connectivity index (χ4v) is 1.49. The molecule has 0 aliphatic heterocycles. The zero-order chi connectivity index (χ0) is 11.8. The highest BCUT2D eigenvalue weighted by molar-refractivity contribution is 5.25. The quantitative estimate of drug-likeness (QED) is 0.715. The summed E-state index contributed by atoms with van der Waals surface area (Å²) in [6.07, 6.45) is 0.